The van der Waals surface area contributed by atoms with Crippen LogP contribution >= 0.6 is 0 Å². The molecular formula is C16H22F3NO2. The van der Waals surface area contributed by atoms with Gasteiger partial charge in [0.25, 0.3) is 0 Å². The van der Waals surface area contributed by atoms with Crippen molar-refractivity contribution in [3.05, 3.63) is 35.1 Å². The minimum Gasteiger partial charge on any atom is -0.394 e. The molecule has 2 N–H and O–H groups in total. The Bertz CT molecular complexity index is 497. The van der Waals surface area contributed by atoms with Gasteiger partial charge in [0.15, 0.2) is 17.5 Å². The molecule has 1 amide bonds. The van der Waals surface area contributed by atoms with Gasteiger partial charge < -0.3 is 10.4 Å². The van der Waals surface area contributed by atoms with E-state index in [2.05, 4.69) is 19.2 Å². The second-order valence-electron chi connectivity index (χ2n) is 6.04. The number of rotatable bonds is 7. The predicted molar refractivity (Wildman–Crippen MR) is 77.5 cm³/mol. The van der Waals surface area contributed by atoms with Crippen LogP contribution in [0.4, 0.5) is 13.2 Å². The van der Waals surface area contributed by atoms with Crippen LogP contribution in [-0.4, -0.2) is 17.6 Å². The molecule has 124 valence electrons. The molecule has 0 bridgehead atoms. The molecule has 2 atom stereocenters. The van der Waals surface area contributed by atoms with Gasteiger partial charge in [-0.3, -0.25) is 4.79 Å². The summed E-state index contributed by atoms with van der Waals surface area (Å²) < 4.78 is 39.4. The van der Waals surface area contributed by atoms with Gasteiger partial charge in [-0.05, 0) is 36.0 Å². The molecule has 0 radical (unpaired) electrons. The Morgan fingerprint density at radius 2 is 1.73 bits per heavy atom. The van der Waals surface area contributed by atoms with Crippen molar-refractivity contribution in [1.82, 2.24) is 5.32 Å². The molecule has 0 aromatic heterocycles. The van der Waals surface area contributed by atoms with Crippen LogP contribution in [0, 0.1) is 29.3 Å². The number of hydrogen-bond donors (Lipinski definition) is 2. The molecule has 3 nitrogen and oxygen atoms in total. The number of nitrogens with one attached hydrogen (secondary N) is 1. The fraction of sp³-hybridized carbons (Fsp3) is 0.562. The summed E-state index contributed by atoms with van der Waals surface area (Å²) in [4.78, 5) is 11.9. The Balaban J connectivity index is 2.75. The van der Waals surface area contributed by atoms with E-state index in [1.54, 1.807) is 0 Å². The molecule has 0 aliphatic carbocycles. The van der Waals surface area contributed by atoms with E-state index in [4.69, 9.17) is 0 Å². The van der Waals surface area contributed by atoms with Crippen molar-refractivity contribution >= 4 is 5.91 Å². The minimum absolute atomic E-state index is 0.0104. The van der Waals surface area contributed by atoms with E-state index in [9.17, 15) is 23.1 Å². The molecular weight excluding hydrogens is 295 g/mol. The molecule has 0 spiro atoms. The number of halogens is 3. The van der Waals surface area contributed by atoms with Crippen LogP contribution in [0.5, 0.6) is 0 Å². The van der Waals surface area contributed by atoms with Gasteiger partial charge in [-0.1, -0.05) is 20.8 Å². The van der Waals surface area contributed by atoms with E-state index in [0.717, 1.165) is 18.6 Å². The lowest BCUT2D eigenvalue weighted by Crippen LogP contribution is -2.32. The van der Waals surface area contributed by atoms with Gasteiger partial charge in [0.1, 0.15) is 0 Å². The molecule has 1 aromatic carbocycles. The number of carbonyl (C=O) groups is 1. The first-order chi connectivity index (χ1) is 10.2. The number of aliphatic hydroxyl groups excluding tert-OH is 1. The molecule has 0 saturated heterocycles. The maximum atomic E-state index is 13.2. The summed E-state index contributed by atoms with van der Waals surface area (Å²) in [6.45, 7) is 5.50. The highest BCUT2D eigenvalue weighted by molar-refractivity contribution is 5.76. The van der Waals surface area contributed by atoms with Gasteiger partial charge in [-0.25, -0.2) is 13.2 Å². The van der Waals surface area contributed by atoms with Crippen LogP contribution in [0.15, 0.2) is 12.1 Å². The summed E-state index contributed by atoms with van der Waals surface area (Å²) in [6, 6.07) is 0.581. The average molecular weight is 317 g/mol. The normalized spacial score (nSPS) is 14.0. The zero-order valence-corrected chi connectivity index (χ0v) is 13.0. The Labute approximate surface area is 128 Å². The van der Waals surface area contributed by atoms with Crippen molar-refractivity contribution in [2.24, 2.45) is 11.8 Å². The highest BCUT2D eigenvalue weighted by Crippen LogP contribution is 2.20. The Morgan fingerprint density at radius 1 is 1.18 bits per heavy atom. The number of amides is 1. The lowest BCUT2D eigenvalue weighted by Gasteiger charge is -2.19. The highest BCUT2D eigenvalue weighted by atomic mass is 19.2. The average Bonchev–Trinajstić information content (AvgIpc) is 2.40. The van der Waals surface area contributed by atoms with Crippen molar-refractivity contribution < 1.29 is 23.1 Å². The van der Waals surface area contributed by atoms with E-state index in [1.807, 2.05) is 6.92 Å². The summed E-state index contributed by atoms with van der Waals surface area (Å²) in [6.07, 6.45) is 1.12. The topological polar surface area (TPSA) is 49.3 Å². The molecule has 0 aliphatic heterocycles. The Hall–Kier alpha value is -1.56. The lowest BCUT2D eigenvalue weighted by molar-refractivity contribution is -0.123. The largest absolute Gasteiger partial charge is 0.394 e. The second kappa shape index (κ2) is 8.17. The first kappa shape index (κ1) is 18.5. The first-order valence-corrected chi connectivity index (χ1v) is 7.29. The SMILES string of the molecule is CC(C)CC(C)CC(=O)NC(CO)c1cc(F)c(F)c(F)c1. The van der Waals surface area contributed by atoms with Crippen molar-refractivity contribution in [2.45, 2.75) is 39.7 Å². The maximum Gasteiger partial charge on any atom is 0.220 e. The first-order valence-electron chi connectivity index (χ1n) is 7.29. The van der Waals surface area contributed by atoms with Gasteiger partial charge in [0.2, 0.25) is 5.91 Å². The fourth-order valence-corrected chi connectivity index (χ4v) is 2.47. The van der Waals surface area contributed by atoms with Crippen molar-refractivity contribution in [1.29, 1.82) is 0 Å². The van der Waals surface area contributed by atoms with E-state index >= 15 is 0 Å². The third-order valence-corrected chi connectivity index (χ3v) is 3.33. The summed E-state index contributed by atoms with van der Waals surface area (Å²) in [5, 5.41) is 11.8. The summed E-state index contributed by atoms with van der Waals surface area (Å²) >= 11 is 0. The monoisotopic (exact) mass is 317 g/mol. The van der Waals surface area contributed by atoms with E-state index in [1.165, 1.54) is 0 Å². The Morgan fingerprint density at radius 3 is 2.18 bits per heavy atom. The second-order valence-corrected chi connectivity index (χ2v) is 6.04. The summed E-state index contributed by atoms with van der Waals surface area (Å²) in [7, 11) is 0. The van der Waals surface area contributed by atoms with Crippen LogP contribution in [0.2, 0.25) is 0 Å². The molecule has 0 heterocycles. The van der Waals surface area contributed by atoms with Crippen LogP contribution in [0.25, 0.3) is 0 Å². The van der Waals surface area contributed by atoms with Crippen molar-refractivity contribution in [3.63, 3.8) is 0 Å². The van der Waals surface area contributed by atoms with Crippen molar-refractivity contribution in [2.75, 3.05) is 6.61 Å². The standard InChI is InChI=1S/C16H22F3NO2/c1-9(2)4-10(3)5-15(22)20-14(8-21)11-6-12(17)16(19)13(18)7-11/h6-7,9-10,14,21H,4-5,8H2,1-3H3,(H,20,22). The number of carbonyl (C=O) groups excluding carboxylic acids is 1. The molecule has 0 fully saturated rings. The van der Waals surface area contributed by atoms with E-state index in [-0.39, 0.29) is 23.8 Å². The van der Waals surface area contributed by atoms with Crippen LogP contribution in [0.3, 0.4) is 0 Å². The maximum absolute atomic E-state index is 13.2. The van der Waals surface area contributed by atoms with Gasteiger partial charge in [0, 0.05) is 6.42 Å². The quantitative estimate of drug-likeness (QED) is 0.758. The van der Waals surface area contributed by atoms with E-state index in [0.29, 0.717) is 5.92 Å². The zero-order chi connectivity index (χ0) is 16.9. The molecule has 0 saturated carbocycles. The smallest absolute Gasteiger partial charge is 0.220 e. The van der Waals surface area contributed by atoms with Gasteiger partial charge >= 0.3 is 0 Å². The Kier molecular flexibility index (Phi) is 6.87. The highest BCUT2D eigenvalue weighted by Gasteiger charge is 2.20. The minimum atomic E-state index is -1.57. The molecule has 0 aliphatic rings. The van der Waals surface area contributed by atoms with Crippen molar-refractivity contribution in [3.8, 4) is 0 Å². The summed E-state index contributed by atoms with van der Waals surface area (Å²) in [5.41, 5.74) is -0.0104. The lowest BCUT2D eigenvalue weighted by atomic mass is 9.95. The van der Waals surface area contributed by atoms with Gasteiger partial charge in [0.05, 0.1) is 12.6 Å². The van der Waals surface area contributed by atoms with Crippen LogP contribution in [-0.2, 0) is 4.79 Å². The molecule has 2 unspecified atom stereocenters. The third kappa shape index (κ3) is 5.33. The molecule has 1 aromatic rings. The third-order valence-electron chi connectivity index (χ3n) is 3.33. The number of hydrogen-bond acceptors (Lipinski definition) is 2. The molecule has 6 heteroatoms. The van der Waals surface area contributed by atoms with E-state index < -0.39 is 30.1 Å². The fourth-order valence-electron chi connectivity index (χ4n) is 2.47. The predicted octanol–water partition coefficient (Wildman–Crippen LogP) is 3.33. The van der Waals surface area contributed by atoms with Gasteiger partial charge in [-0.15, -0.1) is 0 Å². The summed E-state index contributed by atoms with van der Waals surface area (Å²) in [5.74, 6) is -3.99. The molecule has 22 heavy (non-hydrogen) atoms. The molecule has 1 rings (SSSR count). The number of benzene rings is 1. The number of aliphatic hydroxyl groups is 1. The zero-order valence-electron chi connectivity index (χ0n) is 13.0. The van der Waals surface area contributed by atoms with Crippen LogP contribution in [0.1, 0.15) is 45.2 Å². The van der Waals surface area contributed by atoms with Gasteiger partial charge in [-0.2, -0.15) is 0 Å². The van der Waals surface area contributed by atoms with Crippen LogP contribution < -0.4 is 5.32 Å².